The fourth-order valence-corrected chi connectivity index (χ4v) is 3.91. The second kappa shape index (κ2) is 7.53. The summed E-state index contributed by atoms with van der Waals surface area (Å²) in [4.78, 5) is 20.8. The van der Waals surface area contributed by atoms with Crippen LogP contribution in [0, 0.1) is 6.92 Å². The van der Waals surface area contributed by atoms with Crippen molar-refractivity contribution in [3.8, 4) is 11.3 Å². The van der Waals surface area contributed by atoms with Crippen LogP contribution in [0.5, 0.6) is 0 Å². The van der Waals surface area contributed by atoms with Crippen LogP contribution in [0.4, 0.5) is 5.69 Å². The van der Waals surface area contributed by atoms with Crippen LogP contribution in [0.3, 0.4) is 0 Å². The topological polar surface area (TPSA) is 46.1 Å². The number of para-hydroxylation sites is 1. The van der Waals surface area contributed by atoms with Crippen LogP contribution in [0.1, 0.15) is 24.1 Å². The van der Waals surface area contributed by atoms with E-state index in [1.165, 1.54) is 24.7 Å². The molecule has 3 aromatic rings. The zero-order valence-electron chi connectivity index (χ0n) is 15.4. The fraction of sp³-hybridized carbons (Fsp3) is 0.227. The molecule has 0 unspecified atom stereocenters. The van der Waals surface area contributed by atoms with E-state index in [0.717, 1.165) is 35.6 Å². The van der Waals surface area contributed by atoms with Gasteiger partial charge in [-0.15, -0.1) is 0 Å². The summed E-state index contributed by atoms with van der Waals surface area (Å²) in [6.45, 7) is 2.82. The molecule has 28 heavy (non-hydrogen) atoms. The fourth-order valence-electron chi connectivity index (χ4n) is 3.61. The van der Waals surface area contributed by atoms with Crippen molar-refractivity contribution in [2.45, 2.75) is 25.2 Å². The Labute approximate surface area is 174 Å². The summed E-state index contributed by atoms with van der Waals surface area (Å²) in [5.74, 6) is 0. The normalized spacial score (nSPS) is 15.6. The number of carbonyl (C=O) groups is 1. The summed E-state index contributed by atoms with van der Waals surface area (Å²) in [5, 5.41) is 1.08. The standard InChI is InChI=1S/C11H8Cl2N2.C11H11NO/c1-7-4-11(15-6-14-7)8-2-3-9(12)10(13)5-8;13-8-12-7-11(5-6-11)9-3-1-2-4-10(9)12/h2-6H,1H3;1-4,8H,5-7H2. The molecule has 0 radical (unpaired) electrons. The van der Waals surface area contributed by atoms with Crippen molar-refractivity contribution in [3.05, 3.63) is 76.2 Å². The summed E-state index contributed by atoms with van der Waals surface area (Å²) < 4.78 is 0. The molecule has 1 amide bonds. The molecule has 1 fully saturated rings. The second-order valence-corrected chi connectivity index (χ2v) is 8.02. The van der Waals surface area contributed by atoms with Gasteiger partial charge in [0.1, 0.15) is 6.33 Å². The number of aryl methyl sites for hydroxylation is 1. The van der Waals surface area contributed by atoms with Gasteiger partial charge in [0, 0.05) is 28.9 Å². The Morgan fingerprint density at radius 2 is 1.82 bits per heavy atom. The molecule has 2 aliphatic rings. The van der Waals surface area contributed by atoms with E-state index in [9.17, 15) is 4.79 Å². The van der Waals surface area contributed by atoms with E-state index in [0.29, 0.717) is 15.5 Å². The predicted molar refractivity (Wildman–Crippen MR) is 113 cm³/mol. The largest absolute Gasteiger partial charge is 0.314 e. The summed E-state index contributed by atoms with van der Waals surface area (Å²) in [6, 6.07) is 15.6. The number of fused-ring (bicyclic) bond motifs is 2. The Morgan fingerprint density at radius 3 is 2.50 bits per heavy atom. The van der Waals surface area contributed by atoms with E-state index >= 15 is 0 Å². The van der Waals surface area contributed by atoms with E-state index in [2.05, 4.69) is 22.1 Å². The maximum absolute atomic E-state index is 10.8. The minimum atomic E-state index is 0.345. The van der Waals surface area contributed by atoms with Crippen LogP contribution < -0.4 is 4.90 Å². The molecule has 5 rings (SSSR count). The highest BCUT2D eigenvalue weighted by molar-refractivity contribution is 6.42. The second-order valence-electron chi connectivity index (χ2n) is 7.20. The van der Waals surface area contributed by atoms with Crippen molar-refractivity contribution in [3.63, 3.8) is 0 Å². The highest BCUT2D eigenvalue weighted by Gasteiger charge is 2.51. The summed E-state index contributed by atoms with van der Waals surface area (Å²) >= 11 is 11.8. The van der Waals surface area contributed by atoms with Crippen molar-refractivity contribution in [2.75, 3.05) is 11.4 Å². The van der Waals surface area contributed by atoms with E-state index in [1.807, 2.05) is 36.1 Å². The Hall–Kier alpha value is -2.43. The first-order valence-corrected chi connectivity index (χ1v) is 9.83. The number of halogens is 2. The van der Waals surface area contributed by atoms with E-state index in [-0.39, 0.29) is 0 Å². The molecule has 0 N–H and O–H groups in total. The average molecular weight is 412 g/mol. The molecule has 1 saturated carbocycles. The number of anilines is 1. The molecule has 0 atom stereocenters. The number of aromatic nitrogens is 2. The van der Waals surface area contributed by atoms with Crippen molar-refractivity contribution in [1.29, 1.82) is 0 Å². The monoisotopic (exact) mass is 411 g/mol. The lowest BCUT2D eigenvalue weighted by molar-refractivity contribution is -0.107. The number of benzene rings is 2. The van der Waals surface area contributed by atoms with Crippen molar-refractivity contribution in [2.24, 2.45) is 0 Å². The van der Waals surface area contributed by atoms with Gasteiger partial charge < -0.3 is 4.90 Å². The lowest BCUT2D eigenvalue weighted by atomic mass is 9.99. The first-order chi connectivity index (χ1) is 13.5. The van der Waals surface area contributed by atoms with E-state index < -0.39 is 0 Å². The number of nitrogens with zero attached hydrogens (tertiary/aromatic N) is 3. The van der Waals surface area contributed by atoms with Gasteiger partial charge in [0.25, 0.3) is 0 Å². The molecule has 6 heteroatoms. The van der Waals surface area contributed by atoms with Gasteiger partial charge in [-0.1, -0.05) is 47.5 Å². The molecule has 0 bridgehead atoms. The molecule has 1 spiro atoms. The van der Waals surface area contributed by atoms with Crippen LogP contribution in [-0.4, -0.2) is 22.9 Å². The number of hydrogen-bond acceptors (Lipinski definition) is 3. The summed E-state index contributed by atoms with van der Waals surface area (Å²) in [6.07, 6.45) is 4.97. The molecule has 142 valence electrons. The Balaban J connectivity index is 0.000000138. The third-order valence-corrected chi connectivity index (χ3v) is 6.00. The number of amides is 1. The van der Waals surface area contributed by atoms with Gasteiger partial charge in [-0.2, -0.15) is 0 Å². The maximum atomic E-state index is 10.8. The maximum Gasteiger partial charge on any atom is 0.214 e. The van der Waals surface area contributed by atoms with Crippen LogP contribution >= 0.6 is 23.2 Å². The van der Waals surface area contributed by atoms with Gasteiger partial charge in [0.05, 0.1) is 15.7 Å². The number of carbonyl (C=O) groups excluding carboxylic acids is 1. The first-order valence-electron chi connectivity index (χ1n) is 9.08. The van der Waals surface area contributed by atoms with Gasteiger partial charge in [-0.25, -0.2) is 9.97 Å². The molecule has 2 heterocycles. The Kier molecular flexibility index (Phi) is 5.09. The van der Waals surface area contributed by atoms with Crippen molar-refractivity contribution < 1.29 is 4.79 Å². The highest BCUT2D eigenvalue weighted by Crippen LogP contribution is 2.55. The van der Waals surface area contributed by atoms with Crippen molar-refractivity contribution in [1.82, 2.24) is 9.97 Å². The molecule has 0 saturated heterocycles. The Bertz CT molecular complexity index is 1030. The molecular weight excluding hydrogens is 393 g/mol. The van der Waals surface area contributed by atoms with E-state index in [4.69, 9.17) is 23.2 Å². The lowest BCUT2D eigenvalue weighted by Crippen LogP contribution is -2.22. The zero-order chi connectivity index (χ0) is 19.7. The highest BCUT2D eigenvalue weighted by atomic mass is 35.5. The summed E-state index contributed by atoms with van der Waals surface area (Å²) in [5.41, 5.74) is 5.55. The van der Waals surface area contributed by atoms with Gasteiger partial charge in [0.15, 0.2) is 0 Å². The average Bonchev–Trinajstić information content (AvgIpc) is 3.42. The molecule has 1 aliphatic heterocycles. The van der Waals surface area contributed by atoms with Crippen LogP contribution in [0.25, 0.3) is 11.3 Å². The first kappa shape index (κ1) is 18.9. The van der Waals surface area contributed by atoms with Gasteiger partial charge in [0.2, 0.25) is 6.41 Å². The quantitative estimate of drug-likeness (QED) is 0.526. The molecule has 1 aliphatic carbocycles. The van der Waals surface area contributed by atoms with Crippen LogP contribution in [-0.2, 0) is 10.2 Å². The number of hydrogen-bond donors (Lipinski definition) is 0. The Morgan fingerprint density at radius 1 is 1.04 bits per heavy atom. The SMILES string of the molecule is Cc1cc(-c2ccc(Cl)c(Cl)c2)ncn1.O=CN1CC2(CC2)c2ccccc21. The predicted octanol–water partition coefficient (Wildman–Crippen LogP) is 5.45. The van der Waals surface area contributed by atoms with Gasteiger partial charge in [-0.3, -0.25) is 4.79 Å². The van der Waals surface area contributed by atoms with Gasteiger partial charge >= 0.3 is 0 Å². The molecule has 4 nitrogen and oxygen atoms in total. The zero-order valence-corrected chi connectivity index (χ0v) is 16.9. The molecule has 1 aromatic heterocycles. The minimum Gasteiger partial charge on any atom is -0.314 e. The smallest absolute Gasteiger partial charge is 0.214 e. The van der Waals surface area contributed by atoms with Crippen LogP contribution in [0.15, 0.2) is 54.9 Å². The third kappa shape index (κ3) is 3.62. The minimum absolute atomic E-state index is 0.345. The van der Waals surface area contributed by atoms with Crippen molar-refractivity contribution >= 4 is 35.3 Å². The molecule has 2 aromatic carbocycles. The summed E-state index contributed by atoms with van der Waals surface area (Å²) in [7, 11) is 0. The van der Waals surface area contributed by atoms with E-state index in [1.54, 1.807) is 12.1 Å². The lowest BCUT2D eigenvalue weighted by Gasteiger charge is -2.09. The number of rotatable bonds is 2. The van der Waals surface area contributed by atoms with Gasteiger partial charge in [-0.05, 0) is 49.6 Å². The van der Waals surface area contributed by atoms with Crippen LogP contribution in [0.2, 0.25) is 10.0 Å². The third-order valence-electron chi connectivity index (χ3n) is 5.26. The molecular formula is C22H19Cl2N3O.